The number of hydrogen-bond donors (Lipinski definition) is 2. The Morgan fingerprint density at radius 3 is 2.17 bits per heavy atom. The third kappa shape index (κ3) is 5.69. The first-order valence-corrected chi connectivity index (χ1v) is 13.2. The van der Waals surface area contributed by atoms with Crippen molar-refractivity contribution in [3.63, 3.8) is 0 Å². The lowest BCUT2D eigenvalue weighted by atomic mass is 9.73. The Labute approximate surface area is 237 Å². The molecule has 8 nitrogen and oxygen atoms in total. The average Bonchev–Trinajstić information content (AvgIpc) is 3.23. The van der Waals surface area contributed by atoms with E-state index in [2.05, 4.69) is 10.6 Å². The molecule has 5 rings (SSSR count). The van der Waals surface area contributed by atoms with Crippen molar-refractivity contribution in [2.45, 2.75) is 49.3 Å². The van der Waals surface area contributed by atoms with Gasteiger partial charge in [-0.05, 0) is 49.1 Å². The molecule has 2 unspecified atom stereocenters. The van der Waals surface area contributed by atoms with Crippen LogP contribution in [0.1, 0.15) is 48.1 Å². The van der Waals surface area contributed by atoms with Crippen LogP contribution in [-0.4, -0.2) is 66.0 Å². The molecule has 42 heavy (non-hydrogen) atoms. The van der Waals surface area contributed by atoms with Crippen LogP contribution in [0, 0.1) is 0 Å². The van der Waals surface area contributed by atoms with E-state index >= 15 is 0 Å². The zero-order chi connectivity index (χ0) is 30.5. The van der Waals surface area contributed by atoms with Crippen molar-refractivity contribution < 1.29 is 45.5 Å². The molecule has 0 radical (unpaired) electrons. The number of imide groups is 1. The molecular formula is C28H28F6N4O4. The van der Waals surface area contributed by atoms with Crippen LogP contribution in [0.15, 0.2) is 48.5 Å². The van der Waals surface area contributed by atoms with Gasteiger partial charge < -0.3 is 15.4 Å². The highest BCUT2D eigenvalue weighted by atomic mass is 19.4. The van der Waals surface area contributed by atoms with Gasteiger partial charge >= 0.3 is 18.4 Å². The number of amides is 4. The van der Waals surface area contributed by atoms with Crippen molar-refractivity contribution in [1.82, 2.24) is 20.4 Å². The molecule has 4 amide bonds. The highest BCUT2D eigenvalue weighted by Gasteiger charge is 2.54. The maximum Gasteiger partial charge on any atom is 0.416 e. The van der Waals surface area contributed by atoms with Gasteiger partial charge in [-0.3, -0.25) is 19.4 Å². The van der Waals surface area contributed by atoms with Crippen molar-refractivity contribution in [3.8, 4) is 0 Å². The predicted molar refractivity (Wildman–Crippen MR) is 136 cm³/mol. The third-order valence-corrected chi connectivity index (χ3v) is 8.22. The van der Waals surface area contributed by atoms with Crippen LogP contribution in [-0.2, 0) is 32.2 Å². The van der Waals surface area contributed by atoms with Gasteiger partial charge in [0.1, 0.15) is 0 Å². The Bertz CT molecular complexity index is 1340. The summed E-state index contributed by atoms with van der Waals surface area (Å²) >= 11 is 0. The van der Waals surface area contributed by atoms with E-state index in [-0.39, 0.29) is 50.3 Å². The number of nitrogens with zero attached hydrogens (tertiary/aromatic N) is 2. The number of fused-ring (bicyclic) bond motifs is 2. The Kier molecular flexibility index (Phi) is 7.50. The maximum absolute atomic E-state index is 13.5. The van der Waals surface area contributed by atoms with Gasteiger partial charge in [-0.15, -0.1) is 0 Å². The summed E-state index contributed by atoms with van der Waals surface area (Å²) in [5.74, 6) is -0.772. The normalized spacial score (nSPS) is 27.1. The highest BCUT2D eigenvalue weighted by molar-refractivity contribution is 6.02. The van der Waals surface area contributed by atoms with Gasteiger partial charge in [0.25, 0.3) is 0 Å². The lowest BCUT2D eigenvalue weighted by molar-refractivity contribution is -0.146. The van der Waals surface area contributed by atoms with E-state index in [0.717, 1.165) is 10.5 Å². The van der Waals surface area contributed by atoms with E-state index in [1.807, 2.05) is 17.0 Å². The van der Waals surface area contributed by atoms with Gasteiger partial charge in [-0.1, -0.05) is 30.3 Å². The summed E-state index contributed by atoms with van der Waals surface area (Å²) < 4.78 is 86.8. The predicted octanol–water partition coefficient (Wildman–Crippen LogP) is 4.21. The quantitative estimate of drug-likeness (QED) is 0.368. The molecule has 3 heterocycles. The molecule has 3 saturated heterocycles. The zero-order valence-corrected chi connectivity index (χ0v) is 22.4. The monoisotopic (exact) mass is 598 g/mol. The van der Waals surface area contributed by atoms with E-state index < -0.39 is 52.6 Å². The molecule has 3 aliphatic rings. The van der Waals surface area contributed by atoms with Crippen molar-refractivity contribution in [2.75, 3.05) is 32.8 Å². The largest absolute Gasteiger partial charge is 0.416 e. The molecule has 2 aromatic carbocycles. The summed E-state index contributed by atoms with van der Waals surface area (Å²) in [7, 11) is 0. The Morgan fingerprint density at radius 2 is 1.60 bits per heavy atom. The molecular weight excluding hydrogens is 570 g/mol. The van der Waals surface area contributed by atoms with Gasteiger partial charge in [0.15, 0.2) is 0 Å². The van der Waals surface area contributed by atoms with Crippen molar-refractivity contribution in [3.05, 3.63) is 70.8 Å². The van der Waals surface area contributed by atoms with Crippen LogP contribution in [0.4, 0.5) is 31.1 Å². The zero-order valence-electron chi connectivity index (χ0n) is 22.4. The van der Waals surface area contributed by atoms with Gasteiger partial charge in [0.05, 0.1) is 54.5 Å². The fourth-order valence-corrected chi connectivity index (χ4v) is 6.00. The molecule has 226 valence electrons. The summed E-state index contributed by atoms with van der Waals surface area (Å²) in [6.45, 7) is 1.19. The maximum atomic E-state index is 13.5. The van der Waals surface area contributed by atoms with Gasteiger partial charge in [-0.25, -0.2) is 4.79 Å². The number of urea groups is 1. The van der Waals surface area contributed by atoms with Crippen molar-refractivity contribution in [1.29, 1.82) is 0 Å². The first-order valence-electron chi connectivity index (χ1n) is 13.2. The number of benzene rings is 2. The SMILES string of the molecule is CC(OC[C@@]1(c2ccccc2)CC[C@]2(CN3C(=O)CNC3=O)CN1CC(=O)N2)c1cc(C(F)(F)F)cc(C(F)(F)F)c1. The summed E-state index contributed by atoms with van der Waals surface area (Å²) in [5, 5.41) is 5.40. The number of halogens is 6. The number of alkyl halides is 6. The molecule has 2 N–H and O–H groups in total. The molecule has 0 aromatic heterocycles. The molecule has 2 bridgehead atoms. The van der Waals surface area contributed by atoms with Crippen LogP contribution in [0.3, 0.4) is 0 Å². The highest BCUT2D eigenvalue weighted by Crippen LogP contribution is 2.44. The van der Waals surface area contributed by atoms with Crippen molar-refractivity contribution >= 4 is 17.8 Å². The van der Waals surface area contributed by atoms with Crippen LogP contribution < -0.4 is 10.6 Å². The first kappa shape index (κ1) is 29.8. The molecule has 14 heteroatoms. The van der Waals surface area contributed by atoms with Gasteiger partial charge in [0.2, 0.25) is 11.8 Å². The van der Waals surface area contributed by atoms with E-state index in [4.69, 9.17) is 4.74 Å². The summed E-state index contributed by atoms with van der Waals surface area (Å²) in [4.78, 5) is 40.4. The second-order valence-electron chi connectivity index (χ2n) is 11.0. The minimum atomic E-state index is -5.00. The van der Waals surface area contributed by atoms with E-state index in [1.54, 1.807) is 18.2 Å². The molecule has 0 spiro atoms. The molecule has 2 aromatic rings. The number of rotatable bonds is 7. The summed E-state index contributed by atoms with van der Waals surface area (Å²) in [5.41, 5.74) is -4.33. The minimum absolute atomic E-state index is 0.0491. The Hall–Kier alpha value is -3.65. The molecule has 3 fully saturated rings. The fourth-order valence-electron chi connectivity index (χ4n) is 6.00. The Balaban J connectivity index is 1.45. The number of ether oxygens (including phenoxy) is 1. The number of piperazine rings is 1. The number of nitrogens with one attached hydrogen (secondary N) is 2. The van der Waals surface area contributed by atoms with Crippen LogP contribution in [0.2, 0.25) is 0 Å². The minimum Gasteiger partial charge on any atom is -0.372 e. The lowest BCUT2D eigenvalue weighted by Crippen LogP contribution is -2.74. The fraction of sp³-hybridized carbons (Fsp3) is 0.464. The van der Waals surface area contributed by atoms with E-state index in [9.17, 15) is 40.7 Å². The molecule has 0 saturated carbocycles. The van der Waals surface area contributed by atoms with Crippen molar-refractivity contribution in [2.24, 2.45) is 0 Å². The van der Waals surface area contributed by atoms with Crippen LogP contribution in [0.25, 0.3) is 0 Å². The smallest absolute Gasteiger partial charge is 0.372 e. The molecule has 0 aliphatic carbocycles. The van der Waals surface area contributed by atoms with Crippen LogP contribution >= 0.6 is 0 Å². The van der Waals surface area contributed by atoms with Gasteiger partial charge in [0, 0.05) is 6.54 Å². The van der Waals surface area contributed by atoms with E-state index in [0.29, 0.717) is 25.0 Å². The topological polar surface area (TPSA) is 91.0 Å². The number of piperidine rings is 1. The second kappa shape index (κ2) is 10.6. The second-order valence-corrected chi connectivity index (χ2v) is 11.0. The first-order chi connectivity index (χ1) is 19.6. The standard InChI is InChI=1S/C28H28F6N4O4/c1-17(18-9-20(27(29,30)31)11-21(10-18)28(32,33)34)42-16-26(19-5-3-2-4-6-19)8-7-25(14-37(26)13-22(39)36-25)15-38-23(40)12-35-24(38)41/h2-6,9-11,17H,7-8,12-16H2,1H3,(H,35,41)(H,36,39)/t17?,25-,26-/m1/s1. The number of carbonyl (C=O) groups excluding carboxylic acids is 3. The van der Waals surface area contributed by atoms with Crippen LogP contribution in [0.5, 0.6) is 0 Å². The molecule has 3 aliphatic heterocycles. The lowest BCUT2D eigenvalue weighted by Gasteiger charge is -2.57. The summed E-state index contributed by atoms with van der Waals surface area (Å²) in [6.07, 6.45) is -10.5. The third-order valence-electron chi connectivity index (χ3n) is 8.22. The average molecular weight is 599 g/mol. The number of hydrogen-bond acceptors (Lipinski definition) is 5. The molecule has 4 atom stereocenters. The number of carbonyl (C=O) groups is 3. The van der Waals surface area contributed by atoms with Gasteiger partial charge in [-0.2, -0.15) is 26.3 Å². The summed E-state index contributed by atoms with van der Waals surface area (Å²) in [6, 6.07) is 9.78. The Morgan fingerprint density at radius 1 is 0.952 bits per heavy atom. The van der Waals surface area contributed by atoms with E-state index in [1.165, 1.54) is 6.92 Å².